The molecule has 108 valence electrons. The van der Waals surface area contributed by atoms with Crippen LogP contribution in [0.5, 0.6) is 5.75 Å². The zero-order valence-electron chi connectivity index (χ0n) is 11.2. The topological polar surface area (TPSA) is 75.6 Å². The molecule has 0 aromatic heterocycles. The summed E-state index contributed by atoms with van der Waals surface area (Å²) in [6, 6.07) is 8.38. The van der Waals surface area contributed by atoms with E-state index < -0.39 is 18.0 Å². The van der Waals surface area contributed by atoms with Gasteiger partial charge in [-0.25, -0.2) is 4.79 Å². The van der Waals surface area contributed by atoms with Gasteiger partial charge >= 0.3 is 12.1 Å². The number of nitrogens with one attached hydrogen (secondary N) is 1. The molecule has 1 aliphatic carbocycles. The maximum Gasteiger partial charge on any atom is 0.412 e. The highest BCUT2D eigenvalue weighted by Crippen LogP contribution is 2.24. The molecule has 20 heavy (non-hydrogen) atoms. The molecule has 1 aliphatic rings. The molecule has 1 fully saturated rings. The summed E-state index contributed by atoms with van der Waals surface area (Å²) in [6.45, 7) is 0. The summed E-state index contributed by atoms with van der Waals surface area (Å²) in [6.07, 6.45) is 3.53. The monoisotopic (exact) mass is 277 g/mol. The molecule has 0 heterocycles. The van der Waals surface area contributed by atoms with Crippen LogP contribution in [0.15, 0.2) is 30.3 Å². The molecule has 2 rings (SSSR count). The second kappa shape index (κ2) is 6.93. The molecule has 1 amide bonds. The van der Waals surface area contributed by atoms with Gasteiger partial charge in [-0.3, -0.25) is 4.79 Å². The van der Waals surface area contributed by atoms with Crippen molar-refractivity contribution < 1.29 is 19.4 Å². The van der Waals surface area contributed by atoms with E-state index in [-0.39, 0.29) is 6.04 Å². The average molecular weight is 277 g/mol. The Kier molecular flexibility index (Phi) is 4.98. The summed E-state index contributed by atoms with van der Waals surface area (Å²) < 4.78 is 5.14. The van der Waals surface area contributed by atoms with Gasteiger partial charge in [0.2, 0.25) is 0 Å². The Hall–Kier alpha value is -2.04. The van der Waals surface area contributed by atoms with Crippen molar-refractivity contribution in [3.8, 4) is 5.75 Å². The Morgan fingerprint density at radius 3 is 2.50 bits per heavy atom. The number of rotatable bonds is 3. The smallest absolute Gasteiger partial charge is 0.412 e. The van der Waals surface area contributed by atoms with Crippen molar-refractivity contribution in [3.05, 3.63) is 30.3 Å². The molecule has 0 radical (unpaired) electrons. The number of carbonyl (C=O) groups is 2. The van der Waals surface area contributed by atoms with E-state index >= 15 is 0 Å². The molecule has 1 aromatic carbocycles. The van der Waals surface area contributed by atoms with Crippen LogP contribution < -0.4 is 10.1 Å². The first-order chi connectivity index (χ1) is 9.66. The fourth-order valence-corrected chi connectivity index (χ4v) is 2.55. The van der Waals surface area contributed by atoms with Gasteiger partial charge in [-0.2, -0.15) is 0 Å². The average Bonchev–Trinajstić information content (AvgIpc) is 2.65. The number of carbonyl (C=O) groups excluding carboxylic acids is 1. The number of ether oxygens (including phenoxy) is 1. The molecule has 2 N–H and O–H groups in total. The second-order valence-corrected chi connectivity index (χ2v) is 5.04. The molecule has 0 aliphatic heterocycles. The van der Waals surface area contributed by atoms with E-state index in [9.17, 15) is 14.7 Å². The highest BCUT2D eigenvalue weighted by Gasteiger charge is 2.31. The van der Waals surface area contributed by atoms with Crippen LogP contribution in [0.1, 0.15) is 32.1 Å². The van der Waals surface area contributed by atoms with Crippen LogP contribution in [0.25, 0.3) is 0 Å². The number of aliphatic carboxylic acids is 1. The third-order valence-electron chi connectivity index (χ3n) is 3.59. The van der Waals surface area contributed by atoms with Gasteiger partial charge in [0, 0.05) is 6.04 Å². The van der Waals surface area contributed by atoms with Gasteiger partial charge in [0.15, 0.2) is 0 Å². The molecule has 5 heteroatoms. The van der Waals surface area contributed by atoms with E-state index in [0.29, 0.717) is 18.6 Å². The van der Waals surface area contributed by atoms with Gasteiger partial charge in [0.1, 0.15) is 5.75 Å². The van der Waals surface area contributed by atoms with Gasteiger partial charge in [0.25, 0.3) is 0 Å². The Morgan fingerprint density at radius 2 is 1.80 bits per heavy atom. The fourth-order valence-electron chi connectivity index (χ4n) is 2.55. The summed E-state index contributed by atoms with van der Waals surface area (Å²) in [5.74, 6) is -0.928. The Balaban J connectivity index is 1.95. The molecule has 2 unspecified atom stereocenters. The molecule has 0 spiro atoms. The van der Waals surface area contributed by atoms with Gasteiger partial charge in [-0.1, -0.05) is 37.5 Å². The van der Waals surface area contributed by atoms with Crippen molar-refractivity contribution in [1.29, 1.82) is 0 Å². The van der Waals surface area contributed by atoms with Crippen molar-refractivity contribution in [3.63, 3.8) is 0 Å². The third kappa shape index (κ3) is 3.98. The molecule has 1 saturated carbocycles. The quantitative estimate of drug-likeness (QED) is 0.833. The number of para-hydroxylation sites is 1. The van der Waals surface area contributed by atoms with Crippen LogP contribution in [0.4, 0.5) is 4.79 Å². The van der Waals surface area contributed by atoms with Crippen LogP contribution in [-0.4, -0.2) is 23.2 Å². The lowest BCUT2D eigenvalue weighted by Gasteiger charge is -2.22. The summed E-state index contributed by atoms with van der Waals surface area (Å²) in [5, 5.41) is 11.9. The normalized spacial score (nSPS) is 22.6. The fraction of sp³-hybridized carbons (Fsp3) is 0.467. The Morgan fingerprint density at radius 1 is 1.10 bits per heavy atom. The zero-order chi connectivity index (χ0) is 14.4. The molecule has 2 atom stereocenters. The SMILES string of the molecule is O=C(NC1CCCCCC1C(=O)O)Oc1ccccc1. The van der Waals surface area contributed by atoms with E-state index in [4.69, 9.17) is 4.74 Å². The van der Waals surface area contributed by atoms with Gasteiger partial charge in [0.05, 0.1) is 5.92 Å². The summed E-state index contributed by atoms with van der Waals surface area (Å²) >= 11 is 0. The maximum atomic E-state index is 11.8. The molecule has 0 bridgehead atoms. The minimum atomic E-state index is -0.850. The number of carboxylic acids is 1. The van der Waals surface area contributed by atoms with Crippen LogP contribution in [0.3, 0.4) is 0 Å². The van der Waals surface area contributed by atoms with Gasteiger partial charge in [-0.15, -0.1) is 0 Å². The lowest BCUT2D eigenvalue weighted by Crippen LogP contribution is -2.44. The highest BCUT2D eigenvalue weighted by molar-refractivity contribution is 5.74. The van der Waals surface area contributed by atoms with Crippen LogP contribution in [0, 0.1) is 5.92 Å². The van der Waals surface area contributed by atoms with Gasteiger partial charge in [-0.05, 0) is 25.0 Å². The summed E-state index contributed by atoms with van der Waals surface area (Å²) in [7, 11) is 0. The first kappa shape index (κ1) is 14.4. The lowest BCUT2D eigenvalue weighted by atomic mass is 9.95. The van der Waals surface area contributed by atoms with E-state index in [0.717, 1.165) is 19.3 Å². The zero-order valence-corrected chi connectivity index (χ0v) is 11.2. The van der Waals surface area contributed by atoms with Crippen molar-refractivity contribution in [2.75, 3.05) is 0 Å². The number of benzene rings is 1. The third-order valence-corrected chi connectivity index (χ3v) is 3.59. The Bertz CT molecular complexity index is 460. The van der Waals surface area contributed by atoms with E-state index in [2.05, 4.69) is 5.32 Å². The largest absolute Gasteiger partial charge is 0.481 e. The molecule has 1 aromatic rings. The number of amides is 1. The van der Waals surface area contributed by atoms with E-state index in [1.165, 1.54) is 0 Å². The maximum absolute atomic E-state index is 11.8. The van der Waals surface area contributed by atoms with Crippen molar-refractivity contribution in [2.45, 2.75) is 38.1 Å². The van der Waals surface area contributed by atoms with E-state index in [1.54, 1.807) is 24.3 Å². The molecular formula is C15H19NO4. The van der Waals surface area contributed by atoms with Crippen molar-refractivity contribution in [2.24, 2.45) is 5.92 Å². The lowest BCUT2D eigenvalue weighted by molar-refractivity contribution is -0.142. The molecule has 0 saturated heterocycles. The molecule has 5 nitrogen and oxygen atoms in total. The minimum absolute atomic E-state index is 0.355. The van der Waals surface area contributed by atoms with Gasteiger partial charge < -0.3 is 15.2 Å². The number of carboxylic acid groups (broad SMARTS) is 1. The minimum Gasteiger partial charge on any atom is -0.481 e. The second-order valence-electron chi connectivity index (χ2n) is 5.04. The number of hydrogen-bond donors (Lipinski definition) is 2. The standard InChI is InChI=1S/C15H19NO4/c17-14(18)12-9-5-2-6-10-13(12)16-15(19)20-11-7-3-1-4-8-11/h1,3-4,7-8,12-13H,2,5-6,9-10H2,(H,16,19)(H,17,18). The first-order valence-corrected chi connectivity index (χ1v) is 6.93. The highest BCUT2D eigenvalue weighted by atomic mass is 16.6. The first-order valence-electron chi connectivity index (χ1n) is 6.93. The predicted octanol–water partition coefficient (Wildman–Crippen LogP) is 2.81. The number of hydrogen-bond acceptors (Lipinski definition) is 3. The van der Waals surface area contributed by atoms with Crippen molar-refractivity contribution >= 4 is 12.1 Å². The van der Waals surface area contributed by atoms with Crippen molar-refractivity contribution in [1.82, 2.24) is 5.32 Å². The summed E-state index contributed by atoms with van der Waals surface area (Å²) in [4.78, 5) is 23.1. The molecular weight excluding hydrogens is 258 g/mol. The van der Waals surface area contributed by atoms with E-state index in [1.807, 2.05) is 6.07 Å². The van der Waals surface area contributed by atoms with Crippen LogP contribution in [-0.2, 0) is 4.79 Å². The summed E-state index contributed by atoms with van der Waals surface area (Å²) in [5.41, 5.74) is 0. The Labute approximate surface area is 117 Å². The van der Waals surface area contributed by atoms with Crippen LogP contribution >= 0.6 is 0 Å². The van der Waals surface area contributed by atoms with Crippen LogP contribution in [0.2, 0.25) is 0 Å². The predicted molar refractivity (Wildman–Crippen MR) is 73.6 cm³/mol.